The van der Waals surface area contributed by atoms with Crippen molar-refractivity contribution in [3.05, 3.63) is 0 Å². The van der Waals surface area contributed by atoms with Crippen LogP contribution in [0.15, 0.2) is 0 Å². The van der Waals surface area contributed by atoms with Crippen molar-refractivity contribution in [1.29, 1.82) is 0 Å². The number of urea groups is 1. The lowest BCUT2D eigenvalue weighted by Crippen LogP contribution is -2.42. The average molecular weight is 309 g/mol. The maximum Gasteiger partial charge on any atom is 0.315 e. The molecule has 0 unspecified atom stereocenters. The first-order chi connectivity index (χ1) is 9.91. The molecule has 0 bridgehead atoms. The van der Waals surface area contributed by atoms with Crippen LogP contribution in [0, 0.1) is 12.3 Å². The van der Waals surface area contributed by atoms with Gasteiger partial charge in [-0.3, -0.25) is 4.79 Å². The molecule has 2 aliphatic heterocycles. The zero-order valence-electron chi connectivity index (χ0n) is 12.6. The Balaban J connectivity index is 1.63. The Morgan fingerprint density at radius 2 is 2.24 bits per heavy atom. The molecule has 0 aliphatic carbocycles. The van der Waals surface area contributed by atoms with E-state index < -0.39 is 5.54 Å². The molecule has 6 heteroatoms. The Bertz CT molecular complexity index is 458. The van der Waals surface area contributed by atoms with E-state index in [-0.39, 0.29) is 24.0 Å². The number of hydrogen-bond acceptors (Lipinski definition) is 3. The number of carbonyl (C=O) groups is 2. The molecule has 2 heterocycles. The molecule has 2 aliphatic rings. The van der Waals surface area contributed by atoms with Gasteiger partial charge in [0.05, 0.1) is 17.6 Å². The summed E-state index contributed by atoms with van der Waals surface area (Å²) in [6.45, 7) is 3.63. The number of carbonyl (C=O) groups excluding carboxylic acids is 2. The molecule has 0 aromatic heterocycles. The number of unbranched alkanes of at least 4 members (excludes halogenated alkanes) is 1. The van der Waals surface area contributed by atoms with Crippen LogP contribution in [0.3, 0.4) is 0 Å². The number of rotatable bonds is 6. The Morgan fingerprint density at radius 3 is 2.95 bits per heavy atom. The highest BCUT2D eigenvalue weighted by Gasteiger charge is 2.42. The molecule has 0 spiro atoms. The first kappa shape index (κ1) is 16.0. The Labute approximate surface area is 130 Å². The number of fused-ring (bicyclic) bond motifs is 1. The summed E-state index contributed by atoms with van der Waals surface area (Å²) in [5, 5.41) is 9.20. The van der Waals surface area contributed by atoms with Gasteiger partial charge in [0.1, 0.15) is 0 Å². The van der Waals surface area contributed by atoms with E-state index in [9.17, 15) is 9.59 Å². The molecule has 2 fully saturated rings. The largest absolute Gasteiger partial charge is 0.340 e. The van der Waals surface area contributed by atoms with E-state index in [4.69, 9.17) is 6.42 Å². The van der Waals surface area contributed by atoms with Crippen molar-refractivity contribution in [2.24, 2.45) is 0 Å². The molecule has 2 rings (SSSR count). The fourth-order valence-corrected chi connectivity index (χ4v) is 4.26. The fraction of sp³-hybridized carbons (Fsp3) is 0.733. The second-order valence-electron chi connectivity index (χ2n) is 6.19. The summed E-state index contributed by atoms with van der Waals surface area (Å²) in [7, 11) is 0. The first-order valence-electron chi connectivity index (χ1n) is 7.39. The minimum atomic E-state index is -0.578. The van der Waals surface area contributed by atoms with Crippen molar-refractivity contribution in [1.82, 2.24) is 16.0 Å². The minimum Gasteiger partial charge on any atom is -0.340 e. The molecule has 116 valence electrons. The minimum absolute atomic E-state index is 0.00531. The smallest absolute Gasteiger partial charge is 0.315 e. The van der Waals surface area contributed by atoms with E-state index in [1.165, 1.54) is 0 Å². The highest BCUT2D eigenvalue weighted by molar-refractivity contribution is 8.00. The fourth-order valence-electron chi connectivity index (χ4n) is 2.72. The molecule has 2 saturated heterocycles. The molecular weight excluding hydrogens is 286 g/mol. The van der Waals surface area contributed by atoms with Gasteiger partial charge in [0, 0.05) is 17.4 Å². The lowest BCUT2D eigenvalue weighted by atomic mass is 10.0. The van der Waals surface area contributed by atoms with Crippen molar-refractivity contribution in [2.75, 3.05) is 5.75 Å². The third kappa shape index (κ3) is 4.31. The second-order valence-corrected chi connectivity index (χ2v) is 7.46. The van der Waals surface area contributed by atoms with Crippen molar-refractivity contribution < 1.29 is 9.59 Å². The topological polar surface area (TPSA) is 70.2 Å². The molecule has 3 amide bonds. The molecule has 0 aromatic rings. The van der Waals surface area contributed by atoms with Crippen LogP contribution in [-0.2, 0) is 4.79 Å². The summed E-state index contributed by atoms with van der Waals surface area (Å²) in [5.74, 6) is 3.54. The van der Waals surface area contributed by atoms with Crippen LogP contribution in [0.5, 0.6) is 0 Å². The molecule has 0 radical (unpaired) electrons. The Morgan fingerprint density at radius 1 is 1.48 bits per heavy atom. The Hall–Kier alpha value is -1.35. The van der Waals surface area contributed by atoms with Crippen LogP contribution >= 0.6 is 11.8 Å². The number of hydrogen-bond donors (Lipinski definition) is 3. The van der Waals surface area contributed by atoms with E-state index in [2.05, 4.69) is 21.9 Å². The quantitative estimate of drug-likeness (QED) is 0.393. The lowest BCUT2D eigenvalue weighted by Gasteiger charge is -2.20. The van der Waals surface area contributed by atoms with Crippen LogP contribution in [0.4, 0.5) is 4.79 Å². The van der Waals surface area contributed by atoms with E-state index in [1.807, 2.05) is 25.6 Å². The number of amides is 3. The van der Waals surface area contributed by atoms with Crippen LogP contribution in [-0.4, -0.2) is 40.6 Å². The van der Waals surface area contributed by atoms with Crippen molar-refractivity contribution in [3.8, 4) is 12.3 Å². The van der Waals surface area contributed by atoms with Gasteiger partial charge in [-0.1, -0.05) is 12.3 Å². The van der Waals surface area contributed by atoms with Gasteiger partial charge in [-0.2, -0.15) is 11.8 Å². The van der Waals surface area contributed by atoms with E-state index in [0.29, 0.717) is 11.7 Å². The summed E-state index contributed by atoms with van der Waals surface area (Å²) < 4.78 is 0. The van der Waals surface area contributed by atoms with E-state index in [0.717, 1.165) is 25.0 Å². The third-order valence-corrected chi connectivity index (χ3v) is 5.40. The lowest BCUT2D eigenvalue weighted by molar-refractivity contribution is -0.122. The van der Waals surface area contributed by atoms with Crippen molar-refractivity contribution in [2.45, 2.75) is 62.4 Å². The monoisotopic (exact) mass is 309 g/mol. The summed E-state index contributed by atoms with van der Waals surface area (Å²) in [5.41, 5.74) is -0.578. The zero-order valence-corrected chi connectivity index (χ0v) is 13.4. The maximum absolute atomic E-state index is 11.8. The number of thioether (sulfide) groups is 1. The highest BCUT2D eigenvalue weighted by atomic mass is 32.2. The molecular formula is C15H23N3O2S. The van der Waals surface area contributed by atoms with Gasteiger partial charge in [-0.25, -0.2) is 4.79 Å². The second kappa shape index (κ2) is 6.61. The first-order valence-corrected chi connectivity index (χ1v) is 8.43. The predicted octanol–water partition coefficient (Wildman–Crippen LogP) is 1.24. The molecule has 3 atom stereocenters. The third-order valence-electron chi connectivity index (χ3n) is 3.89. The van der Waals surface area contributed by atoms with Gasteiger partial charge < -0.3 is 16.0 Å². The zero-order chi connectivity index (χ0) is 15.5. The molecule has 3 N–H and O–H groups in total. The normalized spacial score (nSPS) is 27.5. The van der Waals surface area contributed by atoms with Crippen LogP contribution in [0.1, 0.15) is 39.5 Å². The summed E-state index contributed by atoms with van der Waals surface area (Å²) in [6.07, 6.45) is 8.71. The van der Waals surface area contributed by atoms with Gasteiger partial charge in [0.25, 0.3) is 0 Å². The van der Waals surface area contributed by atoms with Crippen molar-refractivity contribution in [3.63, 3.8) is 0 Å². The molecule has 21 heavy (non-hydrogen) atoms. The van der Waals surface area contributed by atoms with Gasteiger partial charge in [-0.05, 0) is 26.7 Å². The van der Waals surface area contributed by atoms with Crippen molar-refractivity contribution >= 4 is 23.7 Å². The van der Waals surface area contributed by atoms with Crippen LogP contribution < -0.4 is 16.0 Å². The maximum atomic E-state index is 11.8. The van der Waals surface area contributed by atoms with Gasteiger partial charge in [-0.15, -0.1) is 6.42 Å². The standard InChI is InChI=1S/C15H23N3O2S/c1-4-15(2,3)18-12(19)8-6-5-7-11-13-10(9-21-11)16-14(20)17-13/h1,10-11,13H,5-9H2,2-3H3,(H,18,19)(H2,16,17,20)/t10-,11-,13-/m0/s1. The van der Waals surface area contributed by atoms with Gasteiger partial charge in [0.15, 0.2) is 0 Å². The molecule has 5 nitrogen and oxygen atoms in total. The van der Waals surface area contributed by atoms with Crippen LogP contribution in [0.25, 0.3) is 0 Å². The summed E-state index contributed by atoms with van der Waals surface area (Å²) in [6, 6.07) is 0.468. The Kier molecular flexibility index (Phi) is 5.04. The molecule has 0 aromatic carbocycles. The average Bonchev–Trinajstić information content (AvgIpc) is 2.94. The van der Waals surface area contributed by atoms with Crippen LogP contribution in [0.2, 0.25) is 0 Å². The van der Waals surface area contributed by atoms with Gasteiger partial charge in [0.2, 0.25) is 5.91 Å². The highest BCUT2D eigenvalue weighted by Crippen LogP contribution is 2.33. The summed E-state index contributed by atoms with van der Waals surface area (Å²) >= 11 is 1.90. The SMILES string of the molecule is C#CC(C)(C)NC(=O)CCCC[C@@H]1SC[C@@H]2NC(=O)N[C@@H]21. The predicted molar refractivity (Wildman–Crippen MR) is 85.0 cm³/mol. The van der Waals surface area contributed by atoms with E-state index >= 15 is 0 Å². The summed E-state index contributed by atoms with van der Waals surface area (Å²) in [4.78, 5) is 23.0. The number of nitrogens with one attached hydrogen (secondary N) is 3. The van der Waals surface area contributed by atoms with E-state index in [1.54, 1.807) is 0 Å². The van der Waals surface area contributed by atoms with Gasteiger partial charge >= 0.3 is 6.03 Å². The molecule has 0 saturated carbocycles. The number of terminal acetylenes is 1.